The maximum Gasteiger partial charge on any atom is 0.133 e. The molecule has 2 heterocycles. The number of anilines is 1. The van der Waals surface area contributed by atoms with Gasteiger partial charge in [-0.15, -0.1) is 6.42 Å². The predicted molar refractivity (Wildman–Crippen MR) is 97.6 cm³/mol. The number of nitrogens with zero attached hydrogens (tertiary/aromatic N) is 4. The van der Waals surface area contributed by atoms with Gasteiger partial charge in [0.25, 0.3) is 0 Å². The molecule has 122 valence electrons. The highest BCUT2D eigenvalue weighted by atomic mass is 15.1. The monoisotopic (exact) mass is 327 g/mol. The van der Waals surface area contributed by atoms with Gasteiger partial charge >= 0.3 is 0 Å². The topological polar surface area (TPSA) is 55.6 Å². The molecule has 0 bridgehead atoms. The summed E-state index contributed by atoms with van der Waals surface area (Å²) in [6, 6.07) is 10.2. The van der Waals surface area contributed by atoms with Gasteiger partial charge in [-0.3, -0.25) is 0 Å². The van der Waals surface area contributed by atoms with Gasteiger partial charge in [0.2, 0.25) is 0 Å². The van der Waals surface area contributed by atoms with Crippen molar-refractivity contribution in [3.05, 3.63) is 78.3 Å². The Bertz CT molecular complexity index is 938. The minimum atomic E-state index is -0.586. The molecule has 0 saturated heterocycles. The summed E-state index contributed by atoms with van der Waals surface area (Å²) in [7, 11) is 0. The minimum Gasteiger partial charge on any atom is -0.366 e. The van der Waals surface area contributed by atoms with Crippen molar-refractivity contribution in [1.29, 1.82) is 0 Å². The molecule has 1 N–H and O–H groups in total. The SMILES string of the molecule is C#CC1(n2ccnc2)C=Cc2ncnc(NCc3ccccc3)c2C1. The average Bonchev–Trinajstić information content (AvgIpc) is 3.22. The van der Waals surface area contributed by atoms with Gasteiger partial charge in [0.05, 0.1) is 12.0 Å². The zero-order valence-corrected chi connectivity index (χ0v) is 13.6. The van der Waals surface area contributed by atoms with E-state index in [-0.39, 0.29) is 0 Å². The van der Waals surface area contributed by atoms with Gasteiger partial charge < -0.3 is 9.88 Å². The Morgan fingerprint density at radius 2 is 2.12 bits per heavy atom. The normalized spacial score (nSPS) is 18.4. The van der Waals surface area contributed by atoms with E-state index in [9.17, 15) is 0 Å². The molecule has 0 spiro atoms. The third-order valence-electron chi connectivity index (χ3n) is 4.46. The maximum atomic E-state index is 5.89. The quantitative estimate of drug-likeness (QED) is 0.749. The summed E-state index contributed by atoms with van der Waals surface area (Å²) in [4.78, 5) is 13.0. The van der Waals surface area contributed by atoms with Crippen molar-refractivity contribution in [2.75, 3.05) is 5.32 Å². The van der Waals surface area contributed by atoms with Crippen LogP contribution in [0, 0.1) is 12.3 Å². The Hall–Kier alpha value is -3.39. The summed E-state index contributed by atoms with van der Waals surface area (Å²) < 4.78 is 1.94. The molecule has 1 aliphatic rings. The van der Waals surface area contributed by atoms with Crippen LogP contribution >= 0.6 is 0 Å². The van der Waals surface area contributed by atoms with Gasteiger partial charge in [-0.25, -0.2) is 15.0 Å². The number of benzene rings is 1. The fourth-order valence-corrected chi connectivity index (χ4v) is 3.07. The molecule has 0 radical (unpaired) electrons. The van der Waals surface area contributed by atoms with Crippen LogP contribution in [0.2, 0.25) is 0 Å². The van der Waals surface area contributed by atoms with Crippen molar-refractivity contribution in [2.24, 2.45) is 0 Å². The highest BCUT2D eigenvalue weighted by Gasteiger charge is 2.32. The van der Waals surface area contributed by atoms with Crippen LogP contribution in [0.5, 0.6) is 0 Å². The molecule has 3 aromatic rings. The van der Waals surface area contributed by atoms with Crippen molar-refractivity contribution in [1.82, 2.24) is 19.5 Å². The smallest absolute Gasteiger partial charge is 0.133 e. The third kappa shape index (κ3) is 2.79. The number of terminal acetylenes is 1. The lowest BCUT2D eigenvalue weighted by Gasteiger charge is -2.31. The van der Waals surface area contributed by atoms with Crippen molar-refractivity contribution >= 4 is 11.9 Å². The molecule has 5 heteroatoms. The van der Waals surface area contributed by atoms with Crippen LogP contribution in [0.1, 0.15) is 16.8 Å². The third-order valence-corrected chi connectivity index (χ3v) is 4.46. The lowest BCUT2D eigenvalue weighted by atomic mass is 9.85. The van der Waals surface area contributed by atoms with E-state index in [4.69, 9.17) is 6.42 Å². The summed E-state index contributed by atoms with van der Waals surface area (Å²) in [5.41, 5.74) is 2.53. The summed E-state index contributed by atoms with van der Waals surface area (Å²) in [6.07, 6.45) is 17.4. The first-order valence-corrected chi connectivity index (χ1v) is 8.08. The molecule has 2 aromatic heterocycles. The Morgan fingerprint density at radius 3 is 2.88 bits per heavy atom. The van der Waals surface area contributed by atoms with Gasteiger partial charge in [-0.2, -0.15) is 0 Å². The largest absolute Gasteiger partial charge is 0.366 e. The average molecular weight is 327 g/mol. The summed E-state index contributed by atoms with van der Waals surface area (Å²) in [5, 5.41) is 3.42. The molecular weight excluding hydrogens is 310 g/mol. The molecule has 25 heavy (non-hydrogen) atoms. The van der Waals surface area contributed by atoms with E-state index in [2.05, 4.69) is 38.3 Å². The summed E-state index contributed by atoms with van der Waals surface area (Å²) >= 11 is 0. The highest BCUT2D eigenvalue weighted by molar-refractivity contribution is 5.63. The fraction of sp³-hybridized carbons (Fsp3) is 0.150. The summed E-state index contributed by atoms with van der Waals surface area (Å²) in [6.45, 7) is 0.697. The Kier molecular flexibility index (Phi) is 3.79. The number of rotatable bonds is 4. The molecule has 1 unspecified atom stereocenters. The van der Waals surface area contributed by atoms with Gasteiger partial charge in [-0.05, 0) is 17.7 Å². The second-order valence-corrected chi connectivity index (χ2v) is 5.97. The van der Waals surface area contributed by atoms with Crippen LogP contribution in [-0.4, -0.2) is 19.5 Å². The zero-order chi connectivity index (χ0) is 17.1. The number of imidazole rings is 1. The first kappa shape index (κ1) is 15.2. The van der Waals surface area contributed by atoms with Crippen LogP contribution in [0.3, 0.4) is 0 Å². The fourth-order valence-electron chi connectivity index (χ4n) is 3.07. The molecule has 1 aliphatic carbocycles. The van der Waals surface area contributed by atoms with Crippen molar-refractivity contribution < 1.29 is 0 Å². The van der Waals surface area contributed by atoms with E-state index in [1.165, 1.54) is 5.56 Å². The van der Waals surface area contributed by atoms with Crippen LogP contribution in [0.25, 0.3) is 6.08 Å². The second-order valence-electron chi connectivity index (χ2n) is 5.97. The van der Waals surface area contributed by atoms with E-state index in [1.807, 2.05) is 41.1 Å². The van der Waals surface area contributed by atoms with E-state index in [0.717, 1.165) is 17.1 Å². The van der Waals surface area contributed by atoms with Gasteiger partial charge in [0.1, 0.15) is 17.7 Å². The van der Waals surface area contributed by atoms with Crippen molar-refractivity contribution in [2.45, 2.75) is 18.5 Å². The molecule has 1 aromatic carbocycles. The first-order valence-electron chi connectivity index (χ1n) is 8.08. The second kappa shape index (κ2) is 6.25. The van der Waals surface area contributed by atoms with E-state index >= 15 is 0 Å². The molecule has 0 amide bonds. The molecule has 4 rings (SSSR count). The Balaban J connectivity index is 1.66. The summed E-state index contributed by atoms with van der Waals surface area (Å²) in [5.74, 6) is 3.73. The molecular formula is C20H17N5. The molecule has 0 aliphatic heterocycles. The van der Waals surface area contributed by atoms with E-state index in [1.54, 1.807) is 18.9 Å². The van der Waals surface area contributed by atoms with Crippen LogP contribution in [0.15, 0.2) is 61.5 Å². The number of hydrogen-bond acceptors (Lipinski definition) is 4. The van der Waals surface area contributed by atoms with E-state index in [0.29, 0.717) is 13.0 Å². The number of fused-ring (bicyclic) bond motifs is 1. The number of allylic oxidation sites excluding steroid dienone is 1. The predicted octanol–water partition coefficient (Wildman–Crippen LogP) is 2.88. The van der Waals surface area contributed by atoms with Gasteiger partial charge in [-0.1, -0.05) is 36.3 Å². The van der Waals surface area contributed by atoms with Gasteiger partial charge in [0.15, 0.2) is 0 Å². The van der Waals surface area contributed by atoms with Gasteiger partial charge in [0, 0.05) is 30.9 Å². The molecule has 0 fully saturated rings. The Labute approximate surface area is 146 Å². The highest BCUT2D eigenvalue weighted by Crippen LogP contribution is 2.33. The molecule has 0 saturated carbocycles. The lowest BCUT2D eigenvalue weighted by molar-refractivity contribution is 0.477. The van der Waals surface area contributed by atoms with Crippen LogP contribution < -0.4 is 5.32 Å². The van der Waals surface area contributed by atoms with E-state index < -0.39 is 5.54 Å². The maximum absolute atomic E-state index is 5.89. The number of nitrogens with one attached hydrogen (secondary N) is 1. The zero-order valence-electron chi connectivity index (χ0n) is 13.6. The van der Waals surface area contributed by atoms with Crippen molar-refractivity contribution in [3.63, 3.8) is 0 Å². The number of aromatic nitrogens is 4. The number of hydrogen-bond donors (Lipinski definition) is 1. The molecule has 5 nitrogen and oxygen atoms in total. The van der Waals surface area contributed by atoms with Crippen molar-refractivity contribution in [3.8, 4) is 12.3 Å². The first-order chi connectivity index (χ1) is 12.3. The molecule has 1 atom stereocenters. The van der Waals surface area contributed by atoms with Crippen LogP contribution in [0.4, 0.5) is 5.82 Å². The lowest BCUT2D eigenvalue weighted by Crippen LogP contribution is -2.34. The minimum absolute atomic E-state index is 0.586. The Morgan fingerprint density at radius 1 is 1.24 bits per heavy atom. The van der Waals surface area contributed by atoms with Crippen LogP contribution in [-0.2, 0) is 18.5 Å². The standard InChI is InChI=1S/C20H17N5/c1-2-20(25-11-10-21-15-25)9-8-18-17(12-20)19(24-14-23-18)22-13-16-6-4-3-5-7-16/h1,3-11,14-15H,12-13H2,(H,22,23,24).